The number of halogens is 1. The van der Waals surface area contributed by atoms with E-state index in [0.717, 1.165) is 29.2 Å². The molecule has 90 valence electrons. The van der Waals surface area contributed by atoms with Crippen LogP contribution in [-0.4, -0.2) is 18.0 Å². The SMILES string of the molecule is C#CCN(Cc1cc(N)ccc1Br)CC1CC1. The van der Waals surface area contributed by atoms with Gasteiger partial charge in [-0.3, -0.25) is 4.90 Å². The average Bonchev–Trinajstić information content (AvgIpc) is 3.08. The lowest BCUT2D eigenvalue weighted by Gasteiger charge is -2.20. The van der Waals surface area contributed by atoms with E-state index in [1.807, 2.05) is 18.2 Å². The summed E-state index contributed by atoms with van der Waals surface area (Å²) in [6.07, 6.45) is 8.11. The van der Waals surface area contributed by atoms with Gasteiger partial charge in [-0.15, -0.1) is 6.42 Å². The van der Waals surface area contributed by atoms with E-state index in [4.69, 9.17) is 12.2 Å². The number of nitrogen functional groups attached to an aromatic ring is 1. The van der Waals surface area contributed by atoms with Gasteiger partial charge >= 0.3 is 0 Å². The maximum atomic E-state index is 5.81. The van der Waals surface area contributed by atoms with Gasteiger partial charge in [-0.1, -0.05) is 21.9 Å². The van der Waals surface area contributed by atoms with Crippen LogP contribution in [0.3, 0.4) is 0 Å². The van der Waals surface area contributed by atoms with Crippen LogP contribution in [0, 0.1) is 18.3 Å². The number of rotatable bonds is 5. The fraction of sp³-hybridized carbons (Fsp3) is 0.429. The summed E-state index contributed by atoms with van der Waals surface area (Å²) >= 11 is 3.56. The molecule has 2 N–H and O–H groups in total. The fourth-order valence-electron chi connectivity index (χ4n) is 1.94. The van der Waals surface area contributed by atoms with E-state index >= 15 is 0 Å². The predicted molar refractivity (Wildman–Crippen MR) is 75.4 cm³/mol. The van der Waals surface area contributed by atoms with Gasteiger partial charge in [-0.25, -0.2) is 0 Å². The van der Waals surface area contributed by atoms with Gasteiger partial charge < -0.3 is 5.73 Å². The summed E-state index contributed by atoms with van der Waals surface area (Å²) in [7, 11) is 0. The number of anilines is 1. The average molecular weight is 293 g/mol. The van der Waals surface area contributed by atoms with E-state index in [1.165, 1.54) is 18.4 Å². The zero-order valence-corrected chi connectivity index (χ0v) is 11.4. The molecule has 2 nitrogen and oxygen atoms in total. The topological polar surface area (TPSA) is 29.3 Å². The van der Waals surface area contributed by atoms with Gasteiger partial charge in [0.05, 0.1) is 6.54 Å². The maximum Gasteiger partial charge on any atom is 0.0601 e. The van der Waals surface area contributed by atoms with Crippen molar-refractivity contribution in [1.29, 1.82) is 0 Å². The third-order valence-corrected chi connectivity index (χ3v) is 3.77. The lowest BCUT2D eigenvalue weighted by atomic mass is 10.2. The van der Waals surface area contributed by atoms with Crippen LogP contribution < -0.4 is 5.73 Å². The van der Waals surface area contributed by atoms with Crippen molar-refractivity contribution in [3.05, 3.63) is 28.2 Å². The summed E-state index contributed by atoms with van der Waals surface area (Å²) < 4.78 is 1.10. The molecule has 1 aliphatic carbocycles. The van der Waals surface area contributed by atoms with Crippen LogP contribution in [0.15, 0.2) is 22.7 Å². The van der Waals surface area contributed by atoms with Crippen LogP contribution in [0.1, 0.15) is 18.4 Å². The van der Waals surface area contributed by atoms with Crippen LogP contribution in [0.25, 0.3) is 0 Å². The number of hydrogen-bond acceptors (Lipinski definition) is 2. The number of nitrogens with zero attached hydrogens (tertiary/aromatic N) is 1. The summed E-state index contributed by atoms with van der Waals surface area (Å²) in [4.78, 5) is 2.32. The second kappa shape index (κ2) is 5.57. The van der Waals surface area contributed by atoms with Crippen molar-refractivity contribution in [2.45, 2.75) is 19.4 Å². The highest BCUT2D eigenvalue weighted by atomic mass is 79.9. The summed E-state index contributed by atoms with van der Waals surface area (Å²) in [6.45, 7) is 2.68. The Morgan fingerprint density at radius 1 is 1.47 bits per heavy atom. The van der Waals surface area contributed by atoms with Gasteiger partial charge in [0.15, 0.2) is 0 Å². The van der Waals surface area contributed by atoms with Crippen LogP contribution in [0.4, 0.5) is 5.69 Å². The highest BCUT2D eigenvalue weighted by Crippen LogP contribution is 2.30. The normalized spacial score (nSPS) is 14.9. The van der Waals surface area contributed by atoms with Crippen LogP contribution in [0.2, 0.25) is 0 Å². The van der Waals surface area contributed by atoms with Crippen molar-refractivity contribution < 1.29 is 0 Å². The number of terminal acetylenes is 1. The predicted octanol–water partition coefficient (Wildman–Crippen LogP) is 2.88. The van der Waals surface area contributed by atoms with Crippen molar-refractivity contribution in [3.8, 4) is 12.3 Å². The zero-order chi connectivity index (χ0) is 12.3. The van der Waals surface area contributed by atoms with Crippen LogP contribution in [-0.2, 0) is 6.54 Å². The zero-order valence-electron chi connectivity index (χ0n) is 9.82. The van der Waals surface area contributed by atoms with Gasteiger partial charge in [-0.05, 0) is 42.5 Å². The minimum atomic E-state index is 0.706. The number of nitrogens with two attached hydrogens (primary N) is 1. The molecule has 0 bridgehead atoms. The van der Waals surface area contributed by atoms with Gasteiger partial charge in [0.2, 0.25) is 0 Å². The van der Waals surface area contributed by atoms with E-state index in [-0.39, 0.29) is 0 Å². The van der Waals surface area contributed by atoms with Gasteiger partial charge in [0.25, 0.3) is 0 Å². The van der Waals surface area contributed by atoms with Gasteiger partial charge in [0.1, 0.15) is 0 Å². The van der Waals surface area contributed by atoms with E-state index in [1.54, 1.807) is 0 Å². The lowest BCUT2D eigenvalue weighted by Crippen LogP contribution is -2.26. The van der Waals surface area contributed by atoms with Crippen molar-refractivity contribution in [1.82, 2.24) is 4.90 Å². The van der Waals surface area contributed by atoms with Crippen molar-refractivity contribution in [3.63, 3.8) is 0 Å². The largest absolute Gasteiger partial charge is 0.399 e. The Labute approximate surface area is 111 Å². The fourth-order valence-corrected chi connectivity index (χ4v) is 2.31. The van der Waals surface area contributed by atoms with Crippen molar-refractivity contribution in [2.24, 2.45) is 5.92 Å². The minimum Gasteiger partial charge on any atom is -0.399 e. The van der Waals surface area contributed by atoms with E-state index < -0.39 is 0 Å². The molecule has 0 heterocycles. The first-order valence-electron chi connectivity index (χ1n) is 5.88. The van der Waals surface area contributed by atoms with Gasteiger partial charge in [-0.2, -0.15) is 0 Å². The van der Waals surface area contributed by atoms with Crippen LogP contribution in [0.5, 0.6) is 0 Å². The molecule has 0 saturated heterocycles. The third kappa shape index (κ3) is 3.76. The molecule has 1 aromatic carbocycles. The first-order valence-corrected chi connectivity index (χ1v) is 6.68. The molecule has 0 spiro atoms. The van der Waals surface area contributed by atoms with E-state index in [9.17, 15) is 0 Å². The van der Waals surface area contributed by atoms with Crippen molar-refractivity contribution >= 4 is 21.6 Å². The molecule has 0 atom stereocenters. The van der Waals surface area contributed by atoms with E-state index in [0.29, 0.717) is 6.54 Å². The molecule has 0 unspecified atom stereocenters. The molecule has 0 radical (unpaired) electrons. The lowest BCUT2D eigenvalue weighted by molar-refractivity contribution is 0.286. The molecular weight excluding hydrogens is 276 g/mol. The quantitative estimate of drug-likeness (QED) is 0.668. The highest BCUT2D eigenvalue weighted by Gasteiger charge is 2.24. The van der Waals surface area contributed by atoms with Gasteiger partial charge in [0, 0.05) is 23.2 Å². The summed E-state index contributed by atoms with van der Waals surface area (Å²) in [5, 5.41) is 0. The summed E-state index contributed by atoms with van der Waals surface area (Å²) in [6, 6.07) is 5.91. The standard InChI is InChI=1S/C14H17BrN2/c1-2-7-17(9-11-3-4-11)10-12-8-13(16)5-6-14(12)15/h1,5-6,8,11H,3-4,7,9-10,16H2. The molecular formula is C14H17BrN2. The molecule has 3 heteroatoms. The Hall–Kier alpha value is -0.980. The molecule has 2 rings (SSSR count). The molecule has 1 saturated carbocycles. The van der Waals surface area contributed by atoms with Crippen molar-refractivity contribution in [2.75, 3.05) is 18.8 Å². The Bertz CT molecular complexity index is 432. The second-order valence-electron chi connectivity index (χ2n) is 4.67. The summed E-state index contributed by atoms with van der Waals surface area (Å²) in [5.74, 6) is 3.58. The highest BCUT2D eigenvalue weighted by molar-refractivity contribution is 9.10. The first-order chi connectivity index (χ1) is 8.19. The number of hydrogen-bond donors (Lipinski definition) is 1. The number of benzene rings is 1. The Kier molecular flexibility index (Phi) is 4.09. The molecule has 0 amide bonds. The summed E-state index contributed by atoms with van der Waals surface area (Å²) in [5.41, 5.74) is 7.82. The molecule has 17 heavy (non-hydrogen) atoms. The third-order valence-electron chi connectivity index (χ3n) is 2.99. The molecule has 0 aromatic heterocycles. The molecule has 1 fully saturated rings. The molecule has 0 aliphatic heterocycles. The molecule has 1 aromatic rings. The smallest absolute Gasteiger partial charge is 0.0601 e. The van der Waals surface area contributed by atoms with Crippen LogP contribution >= 0.6 is 15.9 Å². The first kappa shape index (κ1) is 12.5. The molecule has 1 aliphatic rings. The monoisotopic (exact) mass is 292 g/mol. The Balaban J connectivity index is 2.04. The minimum absolute atomic E-state index is 0.706. The van der Waals surface area contributed by atoms with E-state index in [2.05, 4.69) is 26.8 Å². The maximum absolute atomic E-state index is 5.81. The Morgan fingerprint density at radius 3 is 2.88 bits per heavy atom. The Morgan fingerprint density at radius 2 is 2.24 bits per heavy atom. The second-order valence-corrected chi connectivity index (χ2v) is 5.52.